The van der Waals surface area contributed by atoms with Crippen LogP contribution >= 0.6 is 0 Å². The molecule has 4 saturated carbocycles. The molecule has 24 heavy (non-hydrogen) atoms. The number of hydrogen-bond donors (Lipinski definition) is 1. The highest BCUT2D eigenvalue weighted by atomic mass is 16.5. The molecule has 2 saturated heterocycles. The van der Waals surface area contributed by atoms with E-state index in [2.05, 4.69) is 0 Å². The number of ether oxygens (including phenoxy) is 1. The van der Waals surface area contributed by atoms with E-state index >= 15 is 0 Å². The van der Waals surface area contributed by atoms with Crippen LogP contribution in [0.25, 0.3) is 0 Å². The van der Waals surface area contributed by atoms with Gasteiger partial charge in [0.1, 0.15) is 0 Å². The number of nitrogens with one attached hydrogen (secondary N) is 1. The summed E-state index contributed by atoms with van der Waals surface area (Å²) in [4.78, 5) is 14.9. The summed E-state index contributed by atoms with van der Waals surface area (Å²) < 4.78 is 6.06. The van der Waals surface area contributed by atoms with E-state index in [1.807, 2.05) is 4.90 Å². The molecule has 6 fully saturated rings. The van der Waals surface area contributed by atoms with Gasteiger partial charge in [0.15, 0.2) is 0 Å². The molecule has 0 aromatic carbocycles. The Kier molecular flexibility index (Phi) is 3.92. The maximum absolute atomic E-state index is 13.1. The molecule has 134 valence electrons. The van der Waals surface area contributed by atoms with Crippen LogP contribution in [-0.4, -0.2) is 31.7 Å². The van der Waals surface area contributed by atoms with Gasteiger partial charge in [-0.2, -0.15) is 0 Å². The molecule has 0 aromatic heterocycles. The second kappa shape index (κ2) is 6.00. The van der Waals surface area contributed by atoms with Gasteiger partial charge in [-0.25, -0.2) is 0 Å². The van der Waals surface area contributed by atoms with Crippen molar-refractivity contribution in [3.63, 3.8) is 0 Å². The van der Waals surface area contributed by atoms with E-state index in [0.717, 1.165) is 49.7 Å². The van der Waals surface area contributed by atoms with E-state index in [1.54, 1.807) is 0 Å². The van der Waals surface area contributed by atoms with E-state index < -0.39 is 0 Å². The summed E-state index contributed by atoms with van der Waals surface area (Å²) in [5, 5.41) is 0. The van der Waals surface area contributed by atoms with Crippen LogP contribution in [0.15, 0.2) is 0 Å². The minimum atomic E-state index is -0.0669. The number of quaternary nitrogens is 1. The van der Waals surface area contributed by atoms with Crippen LogP contribution in [0.3, 0.4) is 0 Å². The van der Waals surface area contributed by atoms with Crippen molar-refractivity contribution < 1.29 is 14.4 Å². The third-order valence-electron chi connectivity index (χ3n) is 8.33. The third-order valence-corrected chi connectivity index (χ3v) is 8.33. The Labute approximate surface area is 146 Å². The van der Waals surface area contributed by atoms with Crippen molar-refractivity contribution in [3.8, 4) is 0 Å². The number of esters is 1. The molecule has 0 amide bonds. The van der Waals surface area contributed by atoms with Crippen molar-refractivity contribution in [1.29, 1.82) is 0 Å². The van der Waals surface area contributed by atoms with Gasteiger partial charge in [-0.3, -0.25) is 4.79 Å². The van der Waals surface area contributed by atoms with Gasteiger partial charge in [0.2, 0.25) is 0 Å². The number of rotatable bonds is 3. The topological polar surface area (TPSA) is 30.7 Å². The van der Waals surface area contributed by atoms with Gasteiger partial charge in [0.25, 0.3) is 0 Å². The summed E-state index contributed by atoms with van der Waals surface area (Å²) in [6.07, 6.45) is 14.4. The number of hydrogen-bond acceptors (Lipinski definition) is 2. The van der Waals surface area contributed by atoms with Gasteiger partial charge in [0, 0.05) is 5.92 Å². The molecular weight excluding hydrogens is 298 g/mol. The zero-order valence-electron chi connectivity index (χ0n) is 15.1. The number of carbonyl (C=O) groups excluding carboxylic acids is 1. The van der Waals surface area contributed by atoms with Crippen LogP contribution in [-0.2, 0) is 9.53 Å². The maximum Gasteiger partial charge on any atom is 0.312 e. The second-order valence-electron chi connectivity index (χ2n) is 9.96. The van der Waals surface area contributed by atoms with Crippen LogP contribution in [0.2, 0.25) is 0 Å². The molecule has 3 heteroatoms. The first-order valence-electron chi connectivity index (χ1n) is 10.7. The van der Waals surface area contributed by atoms with Gasteiger partial charge < -0.3 is 9.64 Å². The molecule has 6 rings (SSSR count). The summed E-state index contributed by atoms with van der Waals surface area (Å²) in [5.41, 5.74) is -0.0669. The summed E-state index contributed by atoms with van der Waals surface area (Å²) >= 11 is 0. The highest BCUT2D eigenvalue weighted by Crippen LogP contribution is 2.60. The van der Waals surface area contributed by atoms with Crippen LogP contribution < -0.4 is 4.90 Å². The molecular formula is C21H34NO2+. The number of fused-ring (bicyclic) bond motifs is 1. The fraction of sp³-hybridized carbons (Fsp3) is 0.952. The Hall–Kier alpha value is -0.570. The van der Waals surface area contributed by atoms with E-state index in [0.29, 0.717) is 5.92 Å². The Balaban J connectivity index is 1.23. The van der Waals surface area contributed by atoms with Crippen molar-refractivity contribution in [3.05, 3.63) is 0 Å². The lowest BCUT2D eigenvalue weighted by Crippen LogP contribution is -3.18. The largest absolute Gasteiger partial charge is 0.465 e. The molecule has 6 aliphatic rings. The van der Waals surface area contributed by atoms with Crippen LogP contribution in [0.4, 0.5) is 0 Å². The SMILES string of the molecule is O=C(OC[C@@H]1CCC[NH+]2CCCC[C@H]12)C12CC3CC(CC(C3)C1)C2. The van der Waals surface area contributed by atoms with Crippen molar-refractivity contribution in [2.75, 3.05) is 19.7 Å². The minimum Gasteiger partial charge on any atom is -0.465 e. The fourth-order valence-corrected chi connectivity index (χ4v) is 7.67. The molecule has 3 nitrogen and oxygen atoms in total. The van der Waals surface area contributed by atoms with E-state index in [1.165, 1.54) is 64.5 Å². The molecule has 2 aliphatic heterocycles. The first-order chi connectivity index (χ1) is 11.7. The van der Waals surface area contributed by atoms with Gasteiger partial charge >= 0.3 is 5.97 Å². The lowest BCUT2D eigenvalue weighted by molar-refractivity contribution is -0.940. The molecule has 3 atom stereocenters. The molecule has 4 bridgehead atoms. The van der Waals surface area contributed by atoms with Crippen molar-refractivity contribution in [2.24, 2.45) is 29.1 Å². The summed E-state index contributed by atoms with van der Waals surface area (Å²) in [5.74, 6) is 3.32. The van der Waals surface area contributed by atoms with E-state index in [-0.39, 0.29) is 11.4 Å². The normalized spacial score (nSPS) is 49.7. The lowest BCUT2D eigenvalue weighted by Gasteiger charge is -2.55. The van der Waals surface area contributed by atoms with Crippen molar-refractivity contribution in [1.82, 2.24) is 0 Å². The van der Waals surface area contributed by atoms with Gasteiger partial charge in [-0.1, -0.05) is 0 Å². The molecule has 1 unspecified atom stereocenters. The minimum absolute atomic E-state index is 0.0669. The Morgan fingerprint density at radius 3 is 2.29 bits per heavy atom. The first-order valence-corrected chi connectivity index (χ1v) is 10.7. The first kappa shape index (κ1) is 15.7. The monoisotopic (exact) mass is 332 g/mol. The van der Waals surface area contributed by atoms with Gasteiger partial charge in [-0.05, 0) is 88.4 Å². The fourth-order valence-electron chi connectivity index (χ4n) is 7.67. The van der Waals surface area contributed by atoms with Crippen molar-refractivity contribution in [2.45, 2.75) is 76.7 Å². The smallest absolute Gasteiger partial charge is 0.312 e. The summed E-state index contributed by atoms with van der Waals surface area (Å²) in [7, 11) is 0. The lowest BCUT2D eigenvalue weighted by atomic mass is 9.49. The Morgan fingerprint density at radius 2 is 1.58 bits per heavy atom. The molecule has 4 aliphatic carbocycles. The van der Waals surface area contributed by atoms with Crippen LogP contribution in [0.5, 0.6) is 0 Å². The average Bonchev–Trinajstić information content (AvgIpc) is 2.58. The number of carbonyl (C=O) groups is 1. The zero-order valence-corrected chi connectivity index (χ0v) is 15.1. The van der Waals surface area contributed by atoms with Gasteiger partial charge in [0.05, 0.1) is 31.2 Å². The van der Waals surface area contributed by atoms with E-state index in [9.17, 15) is 4.79 Å². The zero-order chi connectivity index (χ0) is 16.1. The summed E-state index contributed by atoms with van der Waals surface area (Å²) in [6, 6.07) is 0.775. The van der Waals surface area contributed by atoms with E-state index in [4.69, 9.17) is 4.74 Å². The number of piperidine rings is 2. The van der Waals surface area contributed by atoms with Crippen LogP contribution in [0.1, 0.15) is 70.6 Å². The quantitative estimate of drug-likeness (QED) is 0.806. The molecule has 2 heterocycles. The molecule has 0 spiro atoms. The highest BCUT2D eigenvalue weighted by Gasteiger charge is 2.55. The highest BCUT2D eigenvalue weighted by molar-refractivity contribution is 5.77. The predicted molar refractivity (Wildman–Crippen MR) is 92.6 cm³/mol. The van der Waals surface area contributed by atoms with Gasteiger partial charge in [-0.15, -0.1) is 0 Å². The maximum atomic E-state index is 13.1. The Bertz CT molecular complexity index is 465. The molecule has 0 aromatic rings. The predicted octanol–water partition coefficient (Wildman–Crippen LogP) is 2.59. The Morgan fingerprint density at radius 1 is 0.917 bits per heavy atom. The second-order valence-corrected chi connectivity index (χ2v) is 9.96. The summed E-state index contributed by atoms with van der Waals surface area (Å²) in [6.45, 7) is 3.42. The molecule has 1 N–H and O–H groups in total. The van der Waals surface area contributed by atoms with Crippen LogP contribution in [0, 0.1) is 29.1 Å². The van der Waals surface area contributed by atoms with Crippen molar-refractivity contribution >= 4 is 5.97 Å². The third kappa shape index (κ3) is 2.62. The average molecular weight is 333 g/mol. The molecule has 0 radical (unpaired) electrons. The standard InChI is InChI=1S/C21H33NO2/c23-20(21-11-15-8-16(12-21)10-17(9-15)13-21)24-14-18-4-3-7-22-6-2-1-5-19(18)22/h15-19H,1-14H2/p+1/t15?,16?,17?,18-,19+,21?/m0/s1.